The van der Waals surface area contributed by atoms with E-state index >= 15 is 0 Å². The van der Waals surface area contributed by atoms with Crippen molar-refractivity contribution in [2.75, 3.05) is 13.2 Å². The number of ether oxygens (including phenoxy) is 2. The summed E-state index contributed by atoms with van der Waals surface area (Å²) in [4.78, 5) is 11.4. The predicted molar refractivity (Wildman–Crippen MR) is 73.2 cm³/mol. The number of hydrogen-bond donors (Lipinski definition) is 1. The van der Waals surface area contributed by atoms with E-state index in [1.165, 1.54) is 0 Å². The minimum Gasteiger partial charge on any atom is -0.482 e. The zero-order valence-corrected chi connectivity index (χ0v) is 11.8. The molecule has 0 heterocycles. The molecule has 4 nitrogen and oxygen atoms in total. The highest BCUT2D eigenvalue weighted by molar-refractivity contribution is 5.71. The van der Waals surface area contributed by atoms with Gasteiger partial charge in [0, 0.05) is 5.56 Å². The van der Waals surface area contributed by atoms with E-state index < -0.39 is 6.10 Å². The van der Waals surface area contributed by atoms with Crippen LogP contribution in [0.2, 0.25) is 0 Å². The van der Waals surface area contributed by atoms with Gasteiger partial charge in [-0.2, -0.15) is 0 Å². The lowest BCUT2D eigenvalue weighted by Crippen LogP contribution is -2.16. The average molecular weight is 266 g/mol. The Morgan fingerprint density at radius 3 is 2.79 bits per heavy atom. The van der Waals surface area contributed by atoms with Gasteiger partial charge in [0.2, 0.25) is 0 Å². The van der Waals surface area contributed by atoms with E-state index in [-0.39, 0.29) is 12.6 Å². The number of carbonyl (C=O) groups excluding carboxylic acids is 1. The molecule has 0 aliphatic carbocycles. The summed E-state index contributed by atoms with van der Waals surface area (Å²) in [5.41, 5.74) is 1.72. The molecule has 0 aromatic heterocycles. The van der Waals surface area contributed by atoms with Crippen molar-refractivity contribution < 1.29 is 19.4 Å². The first kappa shape index (κ1) is 15.5. The van der Waals surface area contributed by atoms with Crippen molar-refractivity contribution in [2.24, 2.45) is 0 Å². The Morgan fingerprint density at radius 2 is 2.16 bits per heavy atom. The maximum absolute atomic E-state index is 11.4. The molecule has 0 radical (unpaired) electrons. The minimum atomic E-state index is -0.633. The average Bonchev–Trinajstić information content (AvgIpc) is 2.37. The fourth-order valence-corrected chi connectivity index (χ4v) is 1.63. The highest BCUT2D eigenvalue weighted by atomic mass is 16.6. The molecule has 1 aromatic carbocycles. The van der Waals surface area contributed by atoms with Gasteiger partial charge in [0.1, 0.15) is 5.75 Å². The molecule has 0 saturated carbocycles. The van der Waals surface area contributed by atoms with Crippen LogP contribution in [0.3, 0.4) is 0 Å². The van der Waals surface area contributed by atoms with Gasteiger partial charge in [-0.15, -0.1) is 0 Å². The summed E-state index contributed by atoms with van der Waals surface area (Å²) in [5, 5.41) is 9.67. The van der Waals surface area contributed by atoms with Crippen molar-refractivity contribution in [1.82, 2.24) is 0 Å². The lowest BCUT2D eigenvalue weighted by Gasteiger charge is -2.14. The van der Waals surface area contributed by atoms with Gasteiger partial charge >= 0.3 is 5.97 Å². The van der Waals surface area contributed by atoms with Gasteiger partial charge in [0.05, 0.1) is 12.7 Å². The number of unbranched alkanes of at least 4 members (excludes halogenated alkanes) is 1. The molecule has 0 spiro atoms. The Hall–Kier alpha value is -1.55. The second kappa shape index (κ2) is 7.79. The van der Waals surface area contributed by atoms with E-state index in [4.69, 9.17) is 9.47 Å². The van der Waals surface area contributed by atoms with E-state index in [0.29, 0.717) is 17.9 Å². The normalized spacial score (nSPS) is 12.0. The number of hydrogen-bond acceptors (Lipinski definition) is 4. The molecule has 0 unspecified atom stereocenters. The summed E-state index contributed by atoms with van der Waals surface area (Å²) in [5.74, 6) is 0.138. The topological polar surface area (TPSA) is 55.8 Å². The highest BCUT2D eigenvalue weighted by Gasteiger charge is 2.11. The molecule has 0 saturated heterocycles. The third kappa shape index (κ3) is 5.30. The quantitative estimate of drug-likeness (QED) is 0.609. The summed E-state index contributed by atoms with van der Waals surface area (Å²) in [6, 6.07) is 5.49. The molecule has 0 fully saturated rings. The summed E-state index contributed by atoms with van der Waals surface area (Å²) < 4.78 is 10.4. The maximum Gasteiger partial charge on any atom is 0.344 e. The van der Waals surface area contributed by atoms with E-state index in [1.54, 1.807) is 13.0 Å². The molecule has 0 amide bonds. The number of carbonyl (C=O) groups is 1. The molecule has 0 bridgehead atoms. The zero-order valence-electron chi connectivity index (χ0n) is 11.8. The van der Waals surface area contributed by atoms with Gasteiger partial charge in [0.15, 0.2) is 6.61 Å². The fraction of sp³-hybridized carbons (Fsp3) is 0.533. The van der Waals surface area contributed by atoms with Crippen LogP contribution in [0.5, 0.6) is 5.75 Å². The molecular weight excluding hydrogens is 244 g/mol. The molecule has 106 valence electrons. The number of rotatable bonds is 7. The van der Waals surface area contributed by atoms with Gasteiger partial charge < -0.3 is 14.6 Å². The number of aliphatic hydroxyl groups excluding tert-OH is 1. The third-order valence-corrected chi connectivity index (χ3v) is 2.72. The standard InChI is InChI=1S/C15H22O4/c1-4-5-8-18-15(17)10-19-14-7-6-11(2)9-13(14)12(3)16/h6-7,9,12,16H,4-5,8,10H2,1-3H3/t12-/m0/s1. The van der Waals surface area contributed by atoms with Crippen molar-refractivity contribution in [3.05, 3.63) is 29.3 Å². The largest absolute Gasteiger partial charge is 0.482 e. The van der Waals surface area contributed by atoms with Gasteiger partial charge in [-0.05, 0) is 32.4 Å². The van der Waals surface area contributed by atoms with Crippen molar-refractivity contribution in [3.63, 3.8) is 0 Å². The summed E-state index contributed by atoms with van der Waals surface area (Å²) in [6.07, 6.45) is 1.21. The number of aliphatic hydroxyl groups is 1. The number of benzene rings is 1. The predicted octanol–water partition coefficient (Wildman–Crippen LogP) is 2.77. The van der Waals surface area contributed by atoms with Crippen LogP contribution in [-0.2, 0) is 9.53 Å². The van der Waals surface area contributed by atoms with Crippen LogP contribution in [0.4, 0.5) is 0 Å². The zero-order chi connectivity index (χ0) is 14.3. The maximum atomic E-state index is 11.4. The fourth-order valence-electron chi connectivity index (χ4n) is 1.63. The Morgan fingerprint density at radius 1 is 1.42 bits per heavy atom. The van der Waals surface area contributed by atoms with Crippen molar-refractivity contribution in [3.8, 4) is 5.75 Å². The van der Waals surface area contributed by atoms with E-state index in [0.717, 1.165) is 18.4 Å². The molecule has 1 atom stereocenters. The second-order valence-electron chi connectivity index (χ2n) is 4.58. The van der Waals surface area contributed by atoms with Crippen molar-refractivity contribution in [1.29, 1.82) is 0 Å². The number of aryl methyl sites for hydroxylation is 1. The molecule has 19 heavy (non-hydrogen) atoms. The van der Waals surface area contributed by atoms with Crippen LogP contribution in [0.1, 0.15) is 43.9 Å². The summed E-state index contributed by atoms with van der Waals surface area (Å²) in [7, 11) is 0. The minimum absolute atomic E-state index is 0.132. The Labute approximate surface area is 114 Å². The lowest BCUT2D eigenvalue weighted by molar-refractivity contribution is -0.146. The van der Waals surface area contributed by atoms with Gasteiger partial charge in [-0.1, -0.05) is 25.0 Å². The van der Waals surface area contributed by atoms with E-state index in [9.17, 15) is 9.90 Å². The molecule has 4 heteroatoms. The lowest BCUT2D eigenvalue weighted by atomic mass is 10.1. The van der Waals surface area contributed by atoms with E-state index in [1.807, 2.05) is 26.0 Å². The Kier molecular flexibility index (Phi) is 6.36. The van der Waals surface area contributed by atoms with Crippen molar-refractivity contribution in [2.45, 2.75) is 39.7 Å². The third-order valence-electron chi connectivity index (χ3n) is 2.72. The first-order chi connectivity index (χ1) is 9.04. The molecular formula is C15H22O4. The molecule has 0 aliphatic heterocycles. The van der Waals surface area contributed by atoms with Crippen LogP contribution < -0.4 is 4.74 Å². The van der Waals surface area contributed by atoms with Crippen LogP contribution in [-0.4, -0.2) is 24.3 Å². The first-order valence-corrected chi connectivity index (χ1v) is 6.61. The smallest absolute Gasteiger partial charge is 0.344 e. The van der Waals surface area contributed by atoms with Crippen LogP contribution in [0.25, 0.3) is 0 Å². The molecule has 1 rings (SSSR count). The Balaban J connectivity index is 2.55. The van der Waals surface area contributed by atoms with Gasteiger partial charge in [0.25, 0.3) is 0 Å². The van der Waals surface area contributed by atoms with Gasteiger partial charge in [-0.25, -0.2) is 4.79 Å². The van der Waals surface area contributed by atoms with Crippen LogP contribution >= 0.6 is 0 Å². The van der Waals surface area contributed by atoms with Gasteiger partial charge in [-0.3, -0.25) is 0 Å². The molecule has 1 N–H and O–H groups in total. The van der Waals surface area contributed by atoms with Crippen LogP contribution in [0, 0.1) is 6.92 Å². The first-order valence-electron chi connectivity index (χ1n) is 6.61. The molecule has 0 aliphatic rings. The van der Waals surface area contributed by atoms with Crippen LogP contribution in [0.15, 0.2) is 18.2 Å². The monoisotopic (exact) mass is 266 g/mol. The SMILES string of the molecule is CCCCOC(=O)COc1ccc(C)cc1[C@H](C)O. The summed E-state index contributed by atoms with van der Waals surface area (Å²) in [6.45, 7) is 5.93. The summed E-state index contributed by atoms with van der Waals surface area (Å²) >= 11 is 0. The molecule has 1 aromatic rings. The van der Waals surface area contributed by atoms with E-state index in [2.05, 4.69) is 0 Å². The number of esters is 1. The highest BCUT2D eigenvalue weighted by Crippen LogP contribution is 2.26. The van der Waals surface area contributed by atoms with Crippen molar-refractivity contribution >= 4 is 5.97 Å². The second-order valence-corrected chi connectivity index (χ2v) is 4.58. The Bertz CT molecular complexity index is 413.